The molecule has 0 N–H and O–H groups in total. The number of alkyl halides is 1. The Hall–Kier alpha value is -0.620. The van der Waals surface area contributed by atoms with Gasteiger partial charge in [0.1, 0.15) is 0 Å². The SMILES string of the molecule is COCCN(CCCl)S(=O)(=O)c1ccccc1C. The van der Waals surface area contributed by atoms with E-state index in [9.17, 15) is 8.42 Å². The van der Waals surface area contributed by atoms with E-state index >= 15 is 0 Å². The topological polar surface area (TPSA) is 46.6 Å². The van der Waals surface area contributed by atoms with Crippen molar-refractivity contribution in [1.29, 1.82) is 0 Å². The summed E-state index contributed by atoms with van der Waals surface area (Å²) < 4.78 is 31.2. The van der Waals surface area contributed by atoms with Gasteiger partial charge in [0, 0.05) is 26.1 Å². The van der Waals surface area contributed by atoms with E-state index in [0.29, 0.717) is 18.0 Å². The summed E-state index contributed by atoms with van der Waals surface area (Å²) in [6.45, 7) is 2.71. The molecule has 0 aliphatic carbocycles. The summed E-state index contributed by atoms with van der Waals surface area (Å²) in [5.41, 5.74) is 0.731. The zero-order valence-electron chi connectivity index (χ0n) is 10.6. The first-order valence-electron chi connectivity index (χ1n) is 5.64. The minimum Gasteiger partial charge on any atom is -0.383 e. The minimum atomic E-state index is -3.50. The molecule has 0 atom stereocenters. The van der Waals surface area contributed by atoms with Crippen LogP contribution in [0.25, 0.3) is 0 Å². The lowest BCUT2D eigenvalue weighted by Crippen LogP contribution is -2.35. The van der Waals surface area contributed by atoms with E-state index in [1.54, 1.807) is 32.2 Å². The molecule has 0 radical (unpaired) electrons. The van der Waals surface area contributed by atoms with Crippen LogP contribution in [0.2, 0.25) is 0 Å². The highest BCUT2D eigenvalue weighted by molar-refractivity contribution is 7.89. The minimum absolute atomic E-state index is 0.259. The van der Waals surface area contributed by atoms with Crippen LogP contribution in [-0.2, 0) is 14.8 Å². The molecule has 18 heavy (non-hydrogen) atoms. The van der Waals surface area contributed by atoms with Crippen LogP contribution in [-0.4, -0.2) is 45.4 Å². The fourth-order valence-corrected chi connectivity index (χ4v) is 3.58. The van der Waals surface area contributed by atoms with Crippen molar-refractivity contribution < 1.29 is 13.2 Å². The van der Waals surface area contributed by atoms with Crippen molar-refractivity contribution in [2.75, 3.05) is 32.7 Å². The van der Waals surface area contributed by atoms with E-state index in [1.807, 2.05) is 6.07 Å². The van der Waals surface area contributed by atoms with Gasteiger partial charge in [-0.25, -0.2) is 8.42 Å². The average Bonchev–Trinajstić information content (AvgIpc) is 2.34. The van der Waals surface area contributed by atoms with Crippen molar-refractivity contribution in [2.45, 2.75) is 11.8 Å². The molecule has 1 aromatic rings. The monoisotopic (exact) mass is 291 g/mol. The second kappa shape index (κ2) is 7.09. The van der Waals surface area contributed by atoms with E-state index in [1.165, 1.54) is 4.31 Å². The highest BCUT2D eigenvalue weighted by Crippen LogP contribution is 2.19. The molecule has 1 aromatic carbocycles. The summed E-state index contributed by atoms with van der Waals surface area (Å²) >= 11 is 5.66. The maximum absolute atomic E-state index is 12.5. The molecule has 0 fully saturated rings. The molecule has 0 bridgehead atoms. The van der Waals surface area contributed by atoms with Crippen LogP contribution in [0, 0.1) is 6.92 Å². The maximum Gasteiger partial charge on any atom is 0.243 e. The van der Waals surface area contributed by atoms with Crippen LogP contribution >= 0.6 is 11.6 Å². The molecule has 0 amide bonds. The van der Waals surface area contributed by atoms with Gasteiger partial charge in [0.05, 0.1) is 11.5 Å². The van der Waals surface area contributed by atoms with Gasteiger partial charge in [-0.2, -0.15) is 4.31 Å². The maximum atomic E-state index is 12.5. The number of sulfonamides is 1. The predicted octanol–water partition coefficient (Wildman–Crippen LogP) is 1.87. The van der Waals surface area contributed by atoms with Crippen molar-refractivity contribution in [3.8, 4) is 0 Å². The third kappa shape index (κ3) is 3.68. The zero-order chi connectivity index (χ0) is 13.6. The normalized spacial score (nSPS) is 12.0. The Kier molecular flexibility index (Phi) is 6.08. The molecule has 0 aromatic heterocycles. The molecule has 0 spiro atoms. The molecule has 1 rings (SSSR count). The summed E-state index contributed by atoms with van der Waals surface area (Å²) in [6, 6.07) is 6.92. The van der Waals surface area contributed by atoms with Crippen molar-refractivity contribution in [3.05, 3.63) is 29.8 Å². The summed E-state index contributed by atoms with van der Waals surface area (Å²) in [5, 5.41) is 0. The molecule has 102 valence electrons. The number of hydrogen-bond donors (Lipinski definition) is 0. The van der Waals surface area contributed by atoms with Crippen LogP contribution in [0.4, 0.5) is 0 Å². The lowest BCUT2D eigenvalue weighted by atomic mass is 10.2. The smallest absolute Gasteiger partial charge is 0.243 e. The molecule has 6 heteroatoms. The van der Waals surface area contributed by atoms with E-state index in [0.717, 1.165) is 5.56 Å². The Labute approximate surface area is 114 Å². The van der Waals surface area contributed by atoms with Crippen LogP contribution in [0.1, 0.15) is 5.56 Å². The van der Waals surface area contributed by atoms with E-state index in [-0.39, 0.29) is 12.4 Å². The number of methoxy groups -OCH3 is 1. The van der Waals surface area contributed by atoms with Gasteiger partial charge in [0.15, 0.2) is 0 Å². The first-order valence-corrected chi connectivity index (χ1v) is 7.62. The molecule has 0 unspecified atom stereocenters. The van der Waals surface area contributed by atoms with Crippen molar-refractivity contribution in [3.63, 3.8) is 0 Å². The van der Waals surface area contributed by atoms with Gasteiger partial charge in [-0.3, -0.25) is 0 Å². The summed E-state index contributed by atoms with van der Waals surface area (Å²) in [5.74, 6) is 0.259. The summed E-state index contributed by atoms with van der Waals surface area (Å²) in [6.07, 6.45) is 0. The highest BCUT2D eigenvalue weighted by atomic mass is 35.5. The van der Waals surface area contributed by atoms with Gasteiger partial charge >= 0.3 is 0 Å². The fraction of sp³-hybridized carbons (Fsp3) is 0.500. The molecular formula is C12H18ClNO3S. The Morgan fingerprint density at radius 2 is 1.94 bits per heavy atom. The van der Waals surface area contributed by atoms with Gasteiger partial charge < -0.3 is 4.74 Å². The highest BCUT2D eigenvalue weighted by Gasteiger charge is 2.24. The summed E-state index contributed by atoms with van der Waals surface area (Å²) in [7, 11) is -1.96. The Balaban J connectivity index is 3.05. The fourth-order valence-electron chi connectivity index (χ4n) is 1.62. The van der Waals surface area contributed by atoms with Crippen LogP contribution < -0.4 is 0 Å². The first kappa shape index (κ1) is 15.4. The van der Waals surface area contributed by atoms with Gasteiger partial charge in [-0.1, -0.05) is 18.2 Å². The number of rotatable bonds is 7. The first-order chi connectivity index (χ1) is 8.54. The molecule has 0 saturated heterocycles. The van der Waals surface area contributed by atoms with Crippen molar-refractivity contribution in [2.24, 2.45) is 0 Å². The second-order valence-electron chi connectivity index (χ2n) is 3.85. The zero-order valence-corrected chi connectivity index (χ0v) is 12.2. The Morgan fingerprint density at radius 3 is 2.50 bits per heavy atom. The number of hydrogen-bond acceptors (Lipinski definition) is 3. The predicted molar refractivity (Wildman–Crippen MR) is 72.5 cm³/mol. The van der Waals surface area contributed by atoms with Crippen molar-refractivity contribution >= 4 is 21.6 Å². The molecule has 0 aliphatic heterocycles. The van der Waals surface area contributed by atoms with Crippen molar-refractivity contribution in [1.82, 2.24) is 4.31 Å². The summed E-state index contributed by atoms with van der Waals surface area (Å²) in [4.78, 5) is 0.325. The van der Waals surface area contributed by atoms with Crippen LogP contribution in [0.15, 0.2) is 29.2 Å². The molecule has 0 saturated carbocycles. The Morgan fingerprint density at radius 1 is 1.28 bits per heavy atom. The third-order valence-corrected chi connectivity index (χ3v) is 4.82. The van der Waals surface area contributed by atoms with Gasteiger partial charge in [0.25, 0.3) is 0 Å². The molecule has 4 nitrogen and oxygen atoms in total. The van der Waals surface area contributed by atoms with Gasteiger partial charge in [0.2, 0.25) is 10.0 Å². The van der Waals surface area contributed by atoms with E-state index in [4.69, 9.17) is 16.3 Å². The van der Waals surface area contributed by atoms with Gasteiger partial charge in [-0.15, -0.1) is 11.6 Å². The molecular weight excluding hydrogens is 274 g/mol. The van der Waals surface area contributed by atoms with E-state index < -0.39 is 10.0 Å². The van der Waals surface area contributed by atoms with Crippen LogP contribution in [0.5, 0.6) is 0 Å². The molecule has 0 heterocycles. The molecule has 0 aliphatic rings. The lowest BCUT2D eigenvalue weighted by molar-refractivity contribution is 0.180. The quantitative estimate of drug-likeness (QED) is 0.721. The lowest BCUT2D eigenvalue weighted by Gasteiger charge is -2.21. The third-order valence-electron chi connectivity index (χ3n) is 2.59. The largest absolute Gasteiger partial charge is 0.383 e. The van der Waals surface area contributed by atoms with Crippen LogP contribution in [0.3, 0.4) is 0 Å². The second-order valence-corrected chi connectivity index (χ2v) is 6.14. The van der Waals surface area contributed by atoms with Gasteiger partial charge in [-0.05, 0) is 18.6 Å². The van der Waals surface area contributed by atoms with E-state index in [2.05, 4.69) is 0 Å². The Bertz CT molecular complexity index is 476. The number of ether oxygens (including phenoxy) is 1. The number of nitrogens with zero attached hydrogens (tertiary/aromatic N) is 1. The number of aryl methyl sites for hydroxylation is 1. The average molecular weight is 292 g/mol. The number of halogens is 1. The standard InChI is InChI=1S/C12H18ClNO3S/c1-11-5-3-4-6-12(11)18(15,16)14(8-7-13)9-10-17-2/h3-6H,7-10H2,1-2H3. The number of benzene rings is 1.